The third-order valence-electron chi connectivity index (χ3n) is 6.86. The SMILES string of the molecule is CCCC1CCC(c2ccc(-c3ccc(-c4cc(F)c(C(F)(F)F)c(F)c4)c(F)c3)cc2)CC1. The fourth-order valence-corrected chi connectivity index (χ4v) is 5.07. The lowest BCUT2D eigenvalue weighted by Crippen LogP contribution is -2.13. The molecule has 0 bridgehead atoms. The van der Waals surface area contributed by atoms with E-state index in [1.807, 2.05) is 12.1 Å². The summed E-state index contributed by atoms with van der Waals surface area (Å²) in [6, 6.07) is 13.2. The maximum atomic E-state index is 14.8. The average molecular weight is 477 g/mol. The molecule has 0 unspecified atom stereocenters. The Balaban J connectivity index is 1.53. The second kappa shape index (κ2) is 9.85. The second-order valence-electron chi connectivity index (χ2n) is 9.14. The maximum Gasteiger partial charge on any atom is 0.422 e. The van der Waals surface area contributed by atoms with Gasteiger partial charge in [0.25, 0.3) is 0 Å². The van der Waals surface area contributed by atoms with Crippen molar-refractivity contribution in [3.63, 3.8) is 0 Å². The van der Waals surface area contributed by atoms with Gasteiger partial charge in [0.2, 0.25) is 0 Å². The van der Waals surface area contributed by atoms with Gasteiger partial charge in [-0.2, -0.15) is 13.2 Å². The van der Waals surface area contributed by atoms with Crippen LogP contribution >= 0.6 is 0 Å². The fraction of sp³-hybridized carbons (Fsp3) is 0.357. The van der Waals surface area contributed by atoms with Gasteiger partial charge < -0.3 is 0 Å². The molecule has 0 aromatic heterocycles. The van der Waals surface area contributed by atoms with E-state index in [2.05, 4.69) is 19.1 Å². The van der Waals surface area contributed by atoms with Crippen LogP contribution in [0.2, 0.25) is 0 Å². The van der Waals surface area contributed by atoms with E-state index in [9.17, 15) is 26.3 Å². The molecular weight excluding hydrogens is 450 g/mol. The van der Waals surface area contributed by atoms with Gasteiger partial charge in [0, 0.05) is 5.56 Å². The summed E-state index contributed by atoms with van der Waals surface area (Å²) < 4.78 is 81.1. The molecule has 1 saturated carbocycles. The number of rotatable bonds is 5. The van der Waals surface area contributed by atoms with Gasteiger partial charge in [0.05, 0.1) is 0 Å². The van der Waals surface area contributed by atoms with Gasteiger partial charge in [-0.25, -0.2) is 13.2 Å². The van der Waals surface area contributed by atoms with Gasteiger partial charge >= 0.3 is 6.18 Å². The number of hydrogen-bond donors (Lipinski definition) is 0. The minimum absolute atomic E-state index is 0.171. The summed E-state index contributed by atoms with van der Waals surface area (Å²) >= 11 is 0. The predicted octanol–water partition coefficient (Wildman–Crippen LogP) is 9.53. The Hall–Kier alpha value is -2.76. The summed E-state index contributed by atoms with van der Waals surface area (Å²) in [6.07, 6.45) is 2.19. The molecule has 4 rings (SSSR count). The average Bonchev–Trinajstić information content (AvgIpc) is 2.78. The van der Waals surface area contributed by atoms with E-state index in [0.717, 1.165) is 11.5 Å². The van der Waals surface area contributed by atoms with E-state index in [0.29, 0.717) is 23.6 Å². The molecule has 0 amide bonds. The van der Waals surface area contributed by atoms with E-state index in [-0.39, 0.29) is 11.1 Å². The Bertz CT molecular complexity index is 1120. The Morgan fingerprint density at radius 1 is 0.706 bits per heavy atom. The van der Waals surface area contributed by atoms with E-state index >= 15 is 0 Å². The van der Waals surface area contributed by atoms with Gasteiger partial charge in [-0.3, -0.25) is 0 Å². The lowest BCUT2D eigenvalue weighted by atomic mass is 9.77. The Morgan fingerprint density at radius 3 is 1.79 bits per heavy atom. The molecular formula is C28H26F6. The zero-order chi connectivity index (χ0) is 24.5. The zero-order valence-electron chi connectivity index (χ0n) is 18.9. The minimum atomic E-state index is -5.17. The summed E-state index contributed by atoms with van der Waals surface area (Å²) in [5.41, 5.74) is 0.196. The third kappa shape index (κ3) is 5.16. The summed E-state index contributed by atoms with van der Waals surface area (Å²) in [7, 11) is 0. The van der Waals surface area contributed by atoms with Crippen LogP contribution in [0.4, 0.5) is 26.3 Å². The van der Waals surface area contributed by atoms with E-state index in [1.165, 1.54) is 56.2 Å². The Kier molecular flexibility index (Phi) is 7.06. The standard InChI is InChI=1S/C28H26F6/c1-2-3-17-4-6-18(7-5-17)19-8-10-20(11-9-19)21-12-13-23(24(29)14-21)22-15-25(30)27(26(31)16-22)28(32,33)34/h8-18H,2-7H2,1H3. The number of halogens is 6. The van der Waals surface area contributed by atoms with Gasteiger partial charge in [-0.15, -0.1) is 0 Å². The molecule has 0 spiro atoms. The maximum absolute atomic E-state index is 14.8. The third-order valence-corrected chi connectivity index (χ3v) is 6.86. The summed E-state index contributed by atoms with van der Waals surface area (Å²) in [5.74, 6) is -2.95. The highest BCUT2D eigenvalue weighted by Crippen LogP contribution is 2.39. The first-order valence-electron chi connectivity index (χ1n) is 11.6. The molecule has 3 aromatic carbocycles. The summed E-state index contributed by atoms with van der Waals surface area (Å²) in [4.78, 5) is 0. The van der Waals surface area contributed by atoms with Crippen LogP contribution in [0.25, 0.3) is 22.3 Å². The highest BCUT2D eigenvalue weighted by molar-refractivity contribution is 5.71. The van der Waals surface area contributed by atoms with Crippen molar-refractivity contribution < 1.29 is 26.3 Å². The van der Waals surface area contributed by atoms with Gasteiger partial charge in [0.15, 0.2) is 0 Å². The van der Waals surface area contributed by atoms with Crippen LogP contribution in [-0.2, 0) is 6.18 Å². The molecule has 1 aliphatic carbocycles. The molecule has 0 N–H and O–H groups in total. The van der Waals surface area contributed by atoms with E-state index in [1.54, 1.807) is 6.07 Å². The summed E-state index contributed by atoms with van der Waals surface area (Å²) in [6.45, 7) is 2.22. The van der Waals surface area contributed by atoms with Crippen molar-refractivity contribution in [3.8, 4) is 22.3 Å². The lowest BCUT2D eigenvalue weighted by molar-refractivity contribution is -0.142. The first kappa shape index (κ1) is 24.4. The molecule has 0 aliphatic heterocycles. The van der Waals surface area contributed by atoms with Gasteiger partial charge in [-0.1, -0.05) is 56.2 Å². The molecule has 0 atom stereocenters. The number of benzene rings is 3. The second-order valence-corrected chi connectivity index (χ2v) is 9.14. The molecule has 1 fully saturated rings. The molecule has 3 aromatic rings. The normalized spacial score (nSPS) is 18.8. The lowest BCUT2D eigenvalue weighted by Gasteiger charge is -2.28. The van der Waals surface area contributed by atoms with Crippen LogP contribution in [0.3, 0.4) is 0 Å². The molecule has 180 valence electrons. The molecule has 0 nitrogen and oxygen atoms in total. The van der Waals surface area contributed by atoms with Crippen molar-refractivity contribution in [2.24, 2.45) is 5.92 Å². The topological polar surface area (TPSA) is 0 Å². The van der Waals surface area contributed by atoms with Gasteiger partial charge in [-0.05, 0) is 78.0 Å². The molecule has 0 heterocycles. The molecule has 6 heteroatoms. The molecule has 34 heavy (non-hydrogen) atoms. The van der Waals surface area contributed by atoms with Crippen molar-refractivity contribution in [3.05, 3.63) is 83.2 Å². The van der Waals surface area contributed by atoms with Crippen molar-refractivity contribution in [2.45, 2.75) is 57.5 Å². The molecule has 1 aliphatic rings. The van der Waals surface area contributed by atoms with Crippen LogP contribution in [0, 0.1) is 23.4 Å². The van der Waals surface area contributed by atoms with Crippen LogP contribution < -0.4 is 0 Å². The minimum Gasteiger partial charge on any atom is -0.206 e. The summed E-state index contributed by atoms with van der Waals surface area (Å²) in [5, 5.41) is 0. The Morgan fingerprint density at radius 2 is 1.26 bits per heavy atom. The largest absolute Gasteiger partial charge is 0.422 e. The first-order valence-corrected chi connectivity index (χ1v) is 11.6. The van der Waals surface area contributed by atoms with Crippen LogP contribution in [0.15, 0.2) is 54.6 Å². The van der Waals surface area contributed by atoms with Crippen LogP contribution in [0.1, 0.15) is 62.5 Å². The van der Waals surface area contributed by atoms with Crippen molar-refractivity contribution >= 4 is 0 Å². The van der Waals surface area contributed by atoms with E-state index < -0.39 is 29.2 Å². The van der Waals surface area contributed by atoms with Crippen molar-refractivity contribution in [2.75, 3.05) is 0 Å². The highest BCUT2D eigenvalue weighted by Gasteiger charge is 2.38. The van der Waals surface area contributed by atoms with Gasteiger partial charge in [0.1, 0.15) is 23.0 Å². The predicted molar refractivity (Wildman–Crippen MR) is 122 cm³/mol. The number of hydrogen-bond acceptors (Lipinski definition) is 0. The highest BCUT2D eigenvalue weighted by atomic mass is 19.4. The smallest absolute Gasteiger partial charge is 0.206 e. The number of alkyl halides is 3. The van der Waals surface area contributed by atoms with E-state index in [4.69, 9.17) is 0 Å². The van der Waals surface area contributed by atoms with Crippen molar-refractivity contribution in [1.82, 2.24) is 0 Å². The fourth-order valence-electron chi connectivity index (χ4n) is 5.07. The first-order chi connectivity index (χ1) is 16.2. The molecule has 0 saturated heterocycles. The zero-order valence-corrected chi connectivity index (χ0v) is 18.9. The Labute approximate surface area is 195 Å². The van der Waals surface area contributed by atoms with Crippen LogP contribution in [-0.4, -0.2) is 0 Å². The molecule has 0 radical (unpaired) electrons. The van der Waals surface area contributed by atoms with Crippen LogP contribution in [0.5, 0.6) is 0 Å². The quantitative estimate of drug-likeness (QED) is 0.322. The van der Waals surface area contributed by atoms with Crippen molar-refractivity contribution in [1.29, 1.82) is 0 Å². The monoisotopic (exact) mass is 476 g/mol.